The summed E-state index contributed by atoms with van der Waals surface area (Å²) in [6.07, 6.45) is 11.0. The lowest BCUT2D eigenvalue weighted by Crippen LogP contribution is -2.55. The van der Waals surface area contributed by atoms with Crippen LogP contribution in [-0.4, -0.2) is 29.5 Å². The zero-order valence-electron chi connectivity index (χ0n) is 19.1. The Hall–Kier alpha value is -0.580. The minimum atomic E-state index is -0.155. The molecule has 3 unspecified atom stereocenters. The van der Waals surface area contributed by atoms with Crippen LogP contribution in [-0.2, 0) is 19.1 Å². The summed E-state index contributed by atoms with van der Waals surface area (Å²) in [6, 6.07) is 0. The molecule has 0 amide bonds. The second-order valence-corrected chi connectivity index (χ2v) is 11.8. The first-order valence-electron chi connectivity index (χ1n) is 12.1. The van der Waals surface area contributed by atoms with Crippen LogP contribution < -0.4 is 0 Å². The van der Waals surface area contributed by atoms with Gasteiger partial charge in [0.2, 0.25) is 0 Å². The molecule has 0 aromatic heterocycles. The molecule has 0 saturated heterocycles. The first kappa shape index (κ1) is 22.6. The number of halogens is 1. The zero-order chi connectivity index (χ0) is 21.7. The van der Waals surface area contributed by atoms with Gasteiger partial charge in [0.15, 0.2) is 0 Å². The second kappa shape index (κ2) is 8.41. The van der Waals surface area contributed by atoms with Crippen molar-refractivity contribution in [3.8, 4) is 0 Å². The molecule has 4 fully saturated rings. The molecule has 0 radical (unpaired) electrons. The molecular formula is C25H39BrO4. The molecule has 170 valence electrons. The van der Waals surface area contributed by atoms with Crippen molar-refractivity contribution in [3.05, 3.63) is 0 Å². The Morgan fingerprint density at radius 2 is 1.63 bits per heavy atom. The Morgan fingerprint density at radius 3 is 2.30 bits per heavy atom. The molecule has 4 aliphatic rings. The smallest absolute Gasteiger partial charge is 0.302 e. The van der Waals surface area contributed by atoms with Gasteiger partial charge in [-0.15, -0.1) is 0 Å². The standard InChI is InChI=1S/C25H39BrO4/c1-15(27)29-18-9-11-24(3)17(13-18)5-6-19-20-7-8-22(23(14-26)30-16(2)28)25(20,4)12-10-21(19)24/h17-23H,5-14H2,1-4H3/t17?,18?,19-,20-,21-,22+,23?,24-,25-/m0/s1. The van der Waals surface area contributed by atoms with E-state index in [0.717, 1.165) is 35.9 Å². The Bertz CT molecular complexity index is 680. The van der Waals surface area contributed by atoms with Crippen LogP contribution in [0.1, 0.15) is 85.5 Å². The van der Waals surface area contributed by atoms with Crippen LogP contribution in [0.5, 0.6) is 0 Å². The molecule has 4 rings (SSSR count). The van der Waals surface area contributed by atoms with Crippen LogP contribution in [0.4, 0.5) is 0 Å². The van der Waals surface area contributed by atoms with Gasteiger partial charge in [-0.05, 0) is 92.3 Å². The third-order valence-electron chi connectivity index (χ3n) is 9.94. The molecular weight excluding hydrogens is 444 g/mol. The molecule has 4 nitrogen and oxygen atoms in total. The molecule has 4 aliphatic carbocycles. The van der Waals surface area contributed by atoms with Gasteiger partial charge >= 0.3 is 11.9 Å². The Morgan fingerprint density at radius 1 is 0.933 bits per heavy atom. The normalized spacial score (nSPS) is 46.2. The average molecular weight is 483 g/mol. The Labute approximate surface area is 190 Å². The lowest BCUT2D eigenvalue weighted by Gasteiger charge is -2.61. The van der Waals surface area contributed by atoms with Gasteiger partial charge in [0.25, 0.3) is 0 Å². The van der Waals surface area contributed by atoms with Crippen molar-refractivity contribution in [1.82, 2.24) is 0 Å². The van der Waals surface area contributed by atoms with Crippen LogP contribution in [0.3, 0.4) is 0 Å². The monoisotopic (exact) mass is 482 g/mol. The number of esters is 2. The fourth-order valence-electron chi connectivity index (χ4n) is 8.65. The van der Waals surface area contributed by atoms with Gasteiger partial charge in [0, 0.05) is 25.1 Å². The molecule has 0 aromatic carbocycles. The van der Waals surface area contributed by atoms with E-state index in [0.29, 0.717) is 17.3 Å². The average Bonchev–Trinajstić information content (AvgIpc) is 3.03. The van der Waals surface area contributed by atoms with Crippen molar-refractivity contribution < 1.29 is 19.1 Å². The number of fused-ring (bicyclic) bond motifs is 5. The highest BCUT2D eigenvalue weighted by Gasteiger charge is 2.61. The fourth-order valence-corrected chi connectivity index (χ4v) is 9.23. The van der Waals surface area contributed by atoms with Gasteiger partial charge in [-0.2, -0.15) is 0 Å². The number of alkyl halides is 1. The molecule has 5 heteroatoms. The van der Waals surface area contributed by atoms with E-state index in [2.05, 4.69) is 29.8 Å². The third-order valence-corrected chi connectivity index (χ3v) is 10.6. The summed E-state index contributed by atoms with van der Waals surface area (Å²) in [5.41, 5.74) is 0.677. The third kappa shape index (κ3) is 3.75. The van der Waals surface area contributed by atoms with E-state index in [9.17, 15) is 9.59 Å². The van der Waals surface area contributed by atoms with E-state index >= 15 is 0 Å². The molecule has 0 N–H and O–H groups in total. The van der Waals surface area contributed by atoms with Crippen molar-refractivity contribution in [2.45, 2.75) is 97.7 Å². The second-order valence-electron chi connectivity index (χ2n) is 11.2. The predicted molar refractivity (Wildman–Crippen MR) is 120 cm³/mol. The largest absolute Gasteiger partial charge is 0.463 e. The SMILES string of the molecule is CC(=O)OC1CC[C@@]2(C)C(CC[C@H]3[C@@H]4CC[C@H](C(CBr)OC(C)=O)[C@@]4(C)CC[C@@H]32)C1. The van der Waals surface area contributed by atoms with Crippen molar-refractivity contribution >= 4 is 27.9 Å². The topological polar surface area (TPSA) is 52.6 Å². The minimum Gasteiger partial charge on any atom is -0.463 e. The molecule has 4 saturated carbocycles. The minimum absolute atomic E-state index is 0.000133. The molecule has 30 heavy (non-hydrogen) atoms. The Balaban J connectivity index is 1.51. The summed E-state index contributed by atoms with van der Waals surface area (Å²) in [5.74, 6) is 3.22. The first-order valence-corrected chi connectivity index (χ1v) is 13.2. The quantitative estimate of drug-likeness (QED) is 0.369. The zero-order valence-corrected chi connectivity index (χ0v) is 20.7. The maximum Gasteiger partial charge on any atom is 0.302 e. The fraction of sp³-hybridized carbons (Fsp3) is 0.920. The lowest BCUT2D eigenvalue weighted by atomic mass is 9.44. The lowest BCUT2D eigenvalue weighted by molar-refractivity contribution is -0.164. The van der Waals surface area contributed by atoms with Gasteiger partial charge in [-0.1, -0.05) is 29.8 Å². The molecule has 0 spiro atoms. The summed E-state index contributed by atoms with van der Waals surface area (Å²) in [5, 5.41) is 0.741. The maximum absolute atomic E-state index is 11.7. The van der Waals surface area contributed by atoms with Gasteiger partial charge in [0.05, 0.1) is 0 Å². The maximum atomic E-state index is 11.7. The van der Waals surface area contributed by atoms with Crippen LogP contribution >= 0.6 is 15.9 Å². The number of rotatable bonds is 4. The van der Waals surface area contributed by atoms with Crippen LogP contribution in [0.2, 0.25) is 0 Å². The van der Waals surface area contributed by atoms with E-state index in [1.807, 2.05) is 0 Å². The van der Waals surface area contributed by atoms with E-state index in [1.54, 1.807) is 6.92 Å². The van der Waals surface area contributed by atoms with Crippen LogP contribution in [0.25, 0.3) is 0 Å². The van der Waals surface area contributed by atoms with Crippen molar-refractivity contribution in [3.63, 3.8) is 0 Å². The van der Waals surface area contributed by atoms with Crippen molar-refractivity contribution in [1.29, 1.82) is 0 Å². The first-order chi connectivity index (χ1) is 14.2. The highest BCUT2D eigenvalue weighted by molar-refractivity contribution is 9.09. The molecule has 0 aromatic rings. The van der Waals surface area contributed by atoms with E-state index in [1.165, 1.54) is 51.9 Å². The summed E-state index contributed by atoms with van der Waals surface area (Å²) in [6.45, 7) is 8.12. The molecule has 9 atom stereocenters. The highest BCUT2D eigenvalue weighted by atomic mass is 79.9. The Kier molecular flexibility index (Phi) is 6.33. The number of carbonyl (C=O) groups is 2. The van der Waals surface area contributed by atoms with Crippen molar-refractivity contribution in [2.75, 3.05) is 5.33 Å². The van der Waals surface area contributed by atoms with E-state index < -0.39 is 0 Å². The molecule has 0 heterocycles. The predicted octanol–water partition coefficient (Wildman–Crippen LogP) is 5.90. The van der Waals surface area contributed by atoms with Crippen molar-refractivity contribution in [2.24, 2.45) is 40.4 Å². The van der Waals surface area contributed by atoms with Crippen LogP contribution in [0, 0.1) is 40.4 Å². The molecule has 0 bridgehead atoms. The number of ether oxygens (including phenoxy) is 2. The summed E-state index contributed by atoms with van der Waals surface area (Å²) in [4.78, 5) is 23.1. The summed E-state index contributed by atoms with van der Waals surface area (Å²) >= 11 is 3.63. The number of hydrogen-bond acceptors (Lipinski definition) is 4. The van der Waals surface area contributed by atoms with E-state index in [4.69, 9.17) is 9.47 Å². The summed E-state index contributed by atoms with van der Waals surface area (Å²) < 4.78 is 11.4. The van der Waals surface area contributed by atoms with Crippen LogP contribution in [0.15, 0.2) is 0 Å². The number of hydrogen-bond donors (Lipinski definition) is 0. The summed E-state index contributed by atoms with van der Waals surface area (Å²) in [7, 11) is 0. The highest BCUT2D eigenvalue weighted by Crippen LogP contribution is 2.68. The van der Waals surface area contributed by atoms with Gasteiger partial charge in [0.1, 0.15) is 12.2 Å². The van der Waals surface area contributed by atoms with E-state index in [-0.39, 0.29) is 29.6 Å². The molecule has 0 aliphatic heterocycles. The van der Waals surface area contributed by atoms with Gasteiger partial charge < -0.3 is 9.47 Å². The van der Waals surface area contributed by atoms with Gasteiger partial charge in [-0.25, -0.2) is 0 Å². The number of carbonyl (C=O) groups excluding carboxylic acids is 2. The van der Waals surface area contributed by atoms with Gasteiger partial charge in [-0.3, -0.25) is 9.59 Å².